The van der Waals surface area contributed by atoms with E-state index in [0.717, 1.165) is 22.6 Å². The lowest BCUT2D eigenvalue weighted by Gasteiger charge is -2.23. The molecule has 0 saturated carbocycles. The minimum atomic E-state index is 0.0824. The first kappa shape index (κ1) is 22.1. The molecule has 0 bridgehead atoms. The summed E-state index contributed by atoms with van der Waals surface area (Å²) >= 11 is 0. The molecule has 2 aromatic carbocycles. The molecule has 0 spiro atoms. The fourth-order valence-corrected chi connectivity index (χ4v) is 3.34. The number of methoxy groups -OCH3 is 2. The summed E-state index contributed by atoms with van der Waals surface area (Å²) < 4.78 is 11.4. The topological polar surface area (TPSA) is 18.5 Å². The Hall–Kier alpha value is -2.22. The van der Waals surface area contributed by atoms with Crippen molar-refractivity contribution in [2.24, 2.45) is 0 Å². The molecule has 0 aliphatic heterocycles. The molecule has 0 unspecified atom stereocenters. The molecule has 2 heteroatoms. The molecule has 2 aromatic rings. The van der Waals surface area contributed by atoms with E-state index in [0.29, 0.717) is 0 Å². The van der Waals surface area contributed by atoms with Gasteiger partial charge in [-0.3, -0.25) is 0 Å². The van der Waals surface area contributed by atoms with Gasteiger partial charge in [0.05, 0.1) is 14.2 Å². The van der Waals surface area contributed by atoms with Crippen LogP contribution < -0.4 is 9.47 Å². The van der Waals surface area contributed by atoms with E-state index in [9.17, 15) is 0 Å². The lowest BCUT2D eigenvalue weighted by molar-refractivity contribution is 0.412. The molecule has 152 valence electrons. The number of allylic oxidation sites excluding steroid dienone is 2. The van der Waals surface area contributed by atoms with Gasteiger partial charge in [-0.25, -0.2) is 0 Å². The number of ether oxygens (including phenoxy) is 2. The molecule has 0 aliphatic carbocycles. The van der Waals surface area contributed by atoms with Gasteiger partial charge in [0.2, 0.25) is 0 Å². The van der Waals surface area contributed by atoms with Gasteiger partial charge in [-0.2, -0.15) is 0 Å². The average molecular weight is 381 g/mol. The van der Waals surface area contributed by atoms with Gasteiger partial charge in [-0.1, -0.05) is 53.7 Å². The molecule has 0 aromatic heterocycles. The van der Waals surface area contributed by atoms with Crippen molar-refractivity contribution in [3.63, 3.8) is 0 Å². The number of benzene rings is 2. The average Bonchev–Trinajstić information content (AvgIpc) is 2.64. The van der Waals surface area contributed by atoms with E-state index in [2.05, 4.69) is 91.8 Å². The Morgan fingerprint density at radius 3 is 1.18 bits per heavy atom. The van der Waals surface area contributed by atoms with Crippen molar-refractivity contribution < 1.29 is 9.47 Å². The van der Waals surface area contributed by atoms with Crippen molar-refractivity contribution in [1.29, 1.82) is 0 Å². The predicted molar refractivity (Wildman–Crippen MR) is 122 cm³/mol. The van der Waals surface area contributed by atoms with Gasteiger partial charge in [-0.15, -0.1) is 0 Å². The van der Waals surface area contributed by atoms with Crippen LogP contribution >= 0.6 is 0 Å². The Kier molecular flexibility index (Phi) is 6.33. The Bertz CT molecular complexity index is 801. The first-order valence-corrected chi connectivity index (χ1v) is 9.95. The Morgan fingerprint density at radius 1 is 0.607 bits per heavy atom. The third-order valence-electron chi connectivity index (χ3n) is 5.50. The van der Waals surface area contributed by atoms with Crippen molar-refractivity contribution in [3.05, 3.63) is 58.7 Å². The summed E-state index contributed by atoms with van der Waals surface area (Å²) in [6.07, 6.45) is 0. The second-order valence-corrected chi connectivity index (χ2v) is 9.58. The molecule has 2 rings (SSSR count). The maximum Gasteiger partial charge on any atom is 0.126 e. The molecule has 0 saturated heterocycles. The molecule has 0 fully saturated rings. The van der Waals surface area contributed by atoms with Crippen LogP contribution in [0.25, 0.3) is 11.1 Å². The van der Waals surface area contributed by atoms with Crippen LogP contribution in [0.15, 0.2) is 36.4 Å². The highest BCUT2D eigenvalue weighted by Gasteiger charge is 2.20. The van der Waals surface area contributed by atoms with Crippen molar-refractivity contribution >= 4 is 11.1 Å². The van der Waals surface area contributed by atoms with Crippen LogP contribution in [-0.2, 0) is 10.8 Å². The van der Waals surface area contributed by atoms with Crippen molar-refractivity contribution in [3.8, 4) is 11.5 Å². The van der Waals surface area contributed by atoms with Gasteiger partial charge in [0.15, 0.2) is 0 Å². The summed E-state index contributed by atoms with van der Waals surface area (Å²) in [5.74, 6) is 1.80. The van der Waals surface area contributed by atoms with E-state index >= 15 is 0 Å². The number of rotatable bonds is 4. The van der Waals surface area contributed by atoms with Crippen LogP contribution in [0, 0.1) is 0 Å². The smallest absolute Gasteiger partial charge is 0.126 e. The fraction of sp³-hybridized carbons (Fsp3) is 0.462. The van der Waals surface area contributed by atoms with E-state index in [1.54, 1.807) is 14.2 Å². The van der Waals surface area contributed by atoms with Gasteiger partial charge in [0.1, 0.15) is 11.5 Å². The van der Waals surface area contributed by atoms with Crippen molar-refractivity contribution in [2.45, 2.75) is 66.2 Å². The zero-order valence-electron chi connectivity index (χ0n) is 19.3. The molecule has 2 nitrogen and oxygen atoms in total. The van der Waals surface area contributed by atoms with Gasteiger partial charge in [0.25, 0.3) is 0 Å². The summed E-state index contributed by atoms with van der Waals surface area (Å²) in [6.45, 7) is 17.8. The summed E-state index contributed by atoms with van der Waals surface area (Å²) in [6, 6.07) is 13.0. The van der Waals surface area contributed by atoms with Crippen molar-refractivity contribution in [2.75, 3.05) is 14.2 Å². The molecule has 28 heavy (non-hydrogen) atoms. The van der Waals surface area contributed by atoms with Crippen LogP contribution in [0.4, 0.5) is 0 Å². The lowest BCUT2D eigenvalue weighted by Crippen LogP contribution is -2.12. The molecular weight excluding hydrogens is 344 g/mol. The van der Waals surface area contributed by atoms with Gasteiger partial charge < -0.3 is 9.47 Å². The Labute approximate surface area is 171 Å². The van der Waals surface area contributed by atoms with Gasteiger partial charge in [-0.05, 0) is 71.2 Å². The van der Waals surface area contributed by atoms with Crippen LogP contribution in [-0.4, -0.2) is 14.2 Å². The van der Waals surface area contributed by atoms with E-state index in [1.807, 2.05) is 0 Å². The largest absolute Gasteiger partial charge is 0.496 e. The van der Waals surface area contributed by atoms with E-state index < -0.39 is 0 Å². The number of hydrogen-bond donors (Lipinski definition) is 0. The highest BCUT2D eigenvalue weighted by Crippen LogP contribution is 2.39. The molecule has 0 amide bonds. The normalized spacial score (nSPS) is 13.2. The van der Waals surface area contributed by atoms with Gasteiger partial charge >= 0.3 is 0 Å². The van der Waals surface area contributed by atoms with Crippen LogP contribution in [0.3, 0.4) is 0 Å². The SMILES string of the molecule is COc1ccc(C(C)(C)C)cc1/C(C)=C(/C)c1cc(C(C)(C)C)ccc1OC. The van der Waals surface area contributed by atoms with E-state index in [4.69, 9.17) is 9.47 Å². The minimum absolute atomic E-state index is 0.0824. The van der Waals surface area contributed by atoms with Crippen LogP contribution in [0.5, 0.6) is 11.5 Å². The van der Waals surface area contributed by atoms with Crippen LogP contribution in [0.1, 0.15) is 77.6 Å². The summed E-state index contributed by atoms with van der Waals surface area (Å²) in [5, 5.41) is 0. The molecule has 0 heterocycles. The quantitative estimate of drug-likeness (QED) is 0.520. The van der Waals surface area contributed by atoms with Crippen LogP contribution in [0.2, 0.25) is 0 Å². The molecule has 0 atom stereocenters. The molecule has 0 aliphatic rings. The lowest BCUT2D eigenvalue weighted by atomic mass is 9.83. The second kappa shape index (κ2) is 8.03. The summed E-state index contributed by atoms with van der Waals surface area (Å²) in [5.41, 5.74) is 7.43. The molecule has 0 radical (unpaired) electrons. The highest BCUT2D eigenvalue weighted by molar-refractivity contribution is 5.92. The zero-order chi connectivity index (χ0) is 21.3. The standard InChI is InChI=1S/C26H36O2/c1-17(21-15-19(25(3,4)5)11-13-23(21)27-9)18(2)22-16-20(26(6,7)8)12-14-24(22)28-10/h11-16H,1-10H3/b18-17-. The first-order chi connectivity index (χ1) is 12.9. The molecule has 0 N–H and O–H groups in total. The Balaban J connectivity index is 2.72. The van der Waals surface area contributed by atoms with Crippen molar-refractivity contribution in [1.82, 2.24) is 0 Å². The maximum atomic E-state index is 5.69. The van der Waals surface area contributed by atoms with E-state index in [1.165, 1.54) is 22.3 Å². The monoisotopic (exact) mass is 380 g/mol. The first-order valence-electron chi connectivity index (χ1n) is 9.95. The maximum absolute atomic E-state index is 5.69. The van der Waals surface area contributed by atoms with Gasteiger partial charge in [0, 0.05) is 11.1 Å². The zero-order valence-corrected chi connectivity index (χ0v) is 19.3. The van der Waals surface area contributed by atoms with E-state index in [-0.39, 0.29) is 10.8 Å². The molecular formula is C26H36O2. The highest BCUT2D eigenvalue weighted by atomic mass is 16.5. The number of hydrogen-bond acceptors (Lipinski definition) is 2. The summed E-state index contributed by atoms with van der Waals surface area (Å²) in [7, 11) is 3.47. The second-order valence-electron chi connectivity index (χ2n) is 9.58. The minimum Gasteiger partial charge on any atom is -0.496 e. The Morgan fingerprint density at radius 2 is 0.929 bits per heavy atom. The predicted octanol–water partition coefficient (Wildman–Crippen LogP) is 7.25. The fourth-order valence-electron chi connectivity index (χ4n) is 3.34. The summed E-state index contributed by atoms with van der Waals surface area (Å²) in [4.78, 5) is 0. The third kappa shape index (κ3) is 4.60. The third-order valence-corrected chi connectivity index (χ3v) is 5.50.